The number of hydrogen-bond donors (Lipinski definition) is 1. The van der Waals surface area contributed by atoms with Crippen LogP contribution < -0.4 is 74.6 Å². The van der Waals surface area contributed by atoms with Gasteiger partial charge in [0.05, 0.1) is 0 Å². The van der Waals surface area contributed by atoms with Crippen molar-refractivity contribution in [1.29, 1.82) is 0 Å². The summed E-state index contributed by atoms with van der Waals surface area (Å²) < 4.78 is 10.4. The van der Waals surface area contributed by atoms with Gasteiger partial charge in [-0.25, -0.2) is 0 Å². The van der Waals surface area contributed by atoms with E-state index in [-0.39, 0.29) is 77.7 Å². The van der Waals surface area contributed by atoms with Gasteiger partial charge in [-0.1, -0.05) is 37.9 Å². The molecule has 4 nitrogen and oxygen atoms in total. The molecule has 1 atom stereocenters. The summed E-state index contributed by atoms with van der Waals surface area (Å²) in [6, 6.07) is 9.27. The minimum absolute atomic E-state index is 0. The van der Waals surface area contributed by atoms with Gasteiger partial charge in [0.2, 0.25) is 0 Å². The summed E-state index contributed by atoms with van der Waals surface area (Å²) in [6.45, 7) is 0. The zero-order valence-corrected chi connectivity index (χ0v) is 15.2. The van der Waals surface area contributed by atoms with Crippen LogP contribution in [-0.2, 0) is 11.0 Å². The molecule has 0 saturated carbocycles. The summed E-state index contributed by atoms with van der Waals surface area (Å²) in [4.78, 5) is 20.8. The van der Waals surface area contributed by atoms with E-state index in [2.05, 4.69) is 0 Å². The van der Waals surface area contributed by atoms with E-state index in [9.17, 15) is 14.4 Å². The van der Waals surface area contributed by atoms with Gasteiger partial charge in [-0.3, -0.25) is 0 Å². The third-order valence-corrected chi connectivity index (χ3v) is 2.92. The molecule has 0 aliphatic heterocycles. The molecule has 0 spiro atoms. The first-order valence-corrected chi connectivity index (χ1v) is 6.51. The smallest absolute Gasteiger partial charge is 0.811 e. The Morgan fingerprint density at radius 3 is 2.18 bits per heavy atom. The monoisotopic (exact) mass is 273 g/mol. The second-order valence-electron chi connectivity index (χ2n) is 3.57. The molecule has 84 valence electrons. The van der Waals surface area contributed by atoms with Gasteiger partial charge in [-0.2, -0.15) is 0 Å². The Kier molecular flexibility index (Phi) is 12.3. The fraction of sp³-hybridized carbons (Fsp3) is 0.400. The van der Waals surface area contributed by atoms with Gasteiger partial charge in [0.1, 0.15) is 0 Å². The first kappa shape index (κ1) is 20.6. The molecule has 1 unspecified atom stereocenters. The third kappa shape index (κ3) is 10.9. The van der Waals surface area contributed by atoms with Gasteiger partial charge in [-0.05, 0) is 24.6 Å². The molecule has 0 saturated heterocycles. The van der Waals surface area contributed by atoms with Crippen LogP contribution in [0.1, 0.15) is 12.0 Å². The largest absolute Gasteiger partial charge is 1.00 e. The maximum atomic E-state index is 10.4. The summed E-state index contributed by atoms with van der Waals surface area (Å²) in [5.74, 6) is 0. The van der Waals surface area contributed by atoms with Crippen LogP contribution in [0.3, 0.4) is 0 Å². The summed E-state index contributed by atoms with van der Waals surface area (Å²) in [5.41, 5.74) is 6.77. The molecule has 0 radical (unpaired) electrons. The van der Waals surface area contributed by atoms with E-state index in [1.165, 1.54) is 0 Å². The van der Waals surface area contributed by atoms with E-state index in [0.29, 0.717) is 6.42 Å². The van der Waals surface area contributed by atoms with E-state index >= 15 is 0 Å². The quantitative estimate of drug-likeness (QED) is 0.427. The van der Waals surface area contributed by atoms with Crippen molar-refractivity contribution in [2.45, 2.75) is 18.9 Å². The van der Waals surface area contributed by atoms with Crippen LogP contribution in [0.5, 0.6) is 0 Å². The van der Waals surface area contributed by atoms with Crippen molar-refractivity contribution in [2.75, 3.05) is 6.16 Å². The molecule has 1 rings (SSSR count). The number of rotatable bonds is 5. The molecule has 0 heterocycles. The van der Waals surface area contributed by atoms with Gasteiger partial charge in [0.25, 0.3) is 0 Å². The predicted octanol–water partition coefficient (Wildman–Crippen LogP) is -6.13. The van der Waals surface area contributed by atoms with E-state index in [1.54, 1.807) is 0 Å². The molecule has 2 N–H and O–H groups in total. The van der Waals surface area contributed by atoms with E-state index in [0.717, 1.165) is 5.56 Å². The molecule has 0 amide bonds. The zero-order valence-electron chi connectivity index (χ0n) is 10.3. The Morgan fingerprint density at radius 2 is 1.71 bits per heavy atom. The number of hydrogen-bond acceptors (Lipinski definition) is 4. The van der Waals surface area contributed by atoms with Crippen molar-refractivity contribution in [3.8, 4) is 0 Å². The van der Waals surface area contributed by atoms with Gasteiger partial charge in [-0.15, -0.1) is 0 Å². The topological polar surface area (TPSA) is 89.2 Å². The molecule has 0 aliphatic carbocycles. The zero-order chi connectivity index (χ0) is 11.3. The Labute approximate surface area is 146 Å². The van der Waals surface area contributed by atoms with Crippen molar-refractivity contribution >= 4 is 7.60 Å². The maximum Gasteiger partial charge on any atom is 1.00 e. The van der Waals surface area contributed by atoms with E-state index < -0.39 is 7.60 Å². The summed E-state index contributed by atoms with van der Waals surface area (Å²) >= 11 is 0. The first-order chi connectivity index (χ1) is 6.97. The minimum Gasteiger partial charge on any atom is -0.811 e. The Balaban J connectivity index is 0. The van der Waals surface area contributed by atoms with Crippen LogP contribution in [0.4, 0.5) is 0 Å². The Morgan fingerprint density at radius 1 is 1.18 bits per heavy atom. The van der Waals surface area contributed by atoms with Crippen LogP contribution in [0.25, 0.3) is 0 Å². The fourth-order valence-corrected chi connectivity index (χ4v) is 1.99. The van der Waals surface area contributed by atoms with Crippen molar-refractivity contribution in [3.63, 3.8) is 0 Å². The molecule has 0 bridgehead atoms. The van der Waals surface area contributed by atoms with Crippen molar-refractivity contribution in [2.24, 2.45) is 5.73 Å². The molecule has 0 fully saturated rings. The van der Waals surface area contributed by atoms with E-state index in [4.69, 9.17) is 5.73 Å². The Bertz CT molecular complexity index is 345. The second-order valence-corrected chi connectivity index (χ2v) is 5.24. The number of nitrogens with two attached hydrogens (primary N) is 1. The molecule has 7 heteroatoms. The van der Waals surface area contributed by atoms with E-state index in [1.807, 2.05) is 30.3 Å². The van der Waals surface area contributed by atoms with Crippen molar-refractivity contribution in [1.82, 2.24) is 0 Å². The van der Waals surface area contributed by atoms with Gasteiger partial charge >= 0.3 is 59.1 Å². The average Bonchev–Trinajstić information content (AvgIpc) is 2.15. The molecule has 17 heavy (non-hydrogen) atoms. The summed E-state index contributed by atoms with van der Waals surface area (Å²) in [6.07, 6.45) is 0.459. The standard InChI is InChI=1S/C10H16NO3P.2Na/c11-10(6-7-15(12,13)14)8-9-4-2-1-3-5-9;;/h1-5,10H,6-8,11H2,(H2,12,13,14);;/q;2*+1/p-2. The van der Waals surface area contributed by atoms with Gasteiger partial charge < -0.3 is 20.1 Å². The normalized spacial score (nSPS) is 12.2. The number of benzene rings is 1. The first-order valence-electron chi connectivity index (χ1n) is 4.78. The van der Waals surface area contributed by atoms with Crippen LogP contribution in [0.15, 0.2) is 30.3 Å². The second kappa shape index (κ2) is 10.2. The molecule has 0 aliphatic rings. The van der Waals surface area contributed by atoms with Gasteiger partial charge in [0, 0.05) is 6.04 Å². The molecule has 0 aromatic heterocycles. The van der Waals surface area contributed by atoms with Crippen LogP contribution >= 0.6 is 7.60 Å². The third-order valence-electron chi connectivity index (χ3n) is 2.11. The average molecular weight is 273 g/mol. The van der Waals surface area contributed by atoms with Crippen LogP contribution in [0, 0.1) is 0 Å². The SMILES string of the molecule is NC(CCP(=O)([O-])[O-])Cc1ccccc1.[Na+].[Na+]. The molecule has 1 aromatic rings. The fourth-order valence-electron chi connectivity index (χ4n) is 1.34. The molecular weight excluding hydrogens is 259 g/mol. The summed E-state index contributed by atoms with van der Waals surface area (Å²) in [5, 5.41) is 0. The van der Waals surface area contributed by atoms with Gasteiger partial charge in [0.15, 0.2) is 0 Å². The van der Waals surface area contributed by atoms with Crippen LogP contribution in [-0.4, -0.2) is 12.2 Å². The van der Waals surface area contributed by atoms with Crippen LogP contribution in [0.2, 0.25) is 0 Å². The molecule has 1 aromatic carbocycles. The predicted molar refractivity (Wildman–Crippen MR) is 55.2 cm³/mol. The van der Waals surface area contributed by atoms with Crippen molar-refractivity contribution < 1.29 is 73.5 Å². The summed E-state index contributed by atoms with van der Waals surface area (Å²) in [7, 11) is -4.40. The molecular formula is C10H14NNa2O3P. The maximum absolute atomic E-state index is 10.4. The Hall–Kier alpha value is 1.33. The minimum atomic E-state index is -4.40. The van der Waals surface area contributed by atoms with Crippen molar-refractivity contribution in [3.05, 3.63) is 35.9 Å².